The van der Waals surface area contributed by atoms with Crippen molar-refractivity contribution in [2.45, 2.75) is 44.9 Å². The number of phenols is 1. The summed E-state index contributed by atoms with van der Waals surface area (Å²) in [4.78, 5) is 43.3. The Kier molecular flexibility index (Phi) is 11.2. The van der Waals surface area contributed by atoms with Gasteiger partial charge in [-0.05, 0) is 80.7 Å². The number of benzene rings is 2. The molecule has 2 aromatic carbocycles. The topological polar surface area (TPSA) is 183 Å². The Bertz CT molecular complexity index is 1650. The Balaban J connectivity index is 0.00000520. The molecule has 2 aromatic rings. The van der Waals surface area contributed by atoms with Crippen LogP contribution >= 0.6 is 0 Å². The molecular formula is C36H47N3O9. The van der Waals surface area contributed by atoms with Crippen LogP contribution in [0.1, 0.15) is 37.0 Å². The predicted molar refractivity (Wildman–Crippen MR) is 180 cm³/mol. The van der Waals surface area contributed by atoms with Crippen molar-refractivity contribution in [2.24, 2.45) is 17.6 Å². The smallest absolute Gasteiger partial charge is 0.255 e. The van der Waals surface area contributed by atoms with E-state index in [2.05, 4.69) is 4.90 Å². The third-order valence-corrected chi connectivity index (χ3v) is 9.55. The summed E-state index contributed by atoms with van der Waals surface area (Å²) in [6.45, 7) is 3.28. The number of Topliss-reactive ketones (excluding diaryl/α,β-unsaturated/α-hetero) is 2. The Labute approximate surface area is 281 Å². The lowest BCUT2D eigenvalue weighted by atomic mass is 9.57. The van der Waals surface area contributed by atoms with Gasteiger partial charge in [-0.3, -0.25) is 24.2 Å². The molecule has 0 saturated heterocycles. The van der Waals surface area contributed by atoms with E-state index in [-0.39, 0.29) is 37.2 Å². The molecule has 0 aromatic heterocycles. The first-order valence-electron chi connectivity index (χ1n) is 15.7. The molecule has 1 amide bonds. The van der Waals surface area contributed by atoms with Gasteiger partial charge in [-0.1, -0.05) is 31.7 Å². The van der Waals surface area contributed by atoms with Crippen LogP contribution in [0.2, 0.25) is 0 Å². The second-order valence-electron chi connectivity index (χ2n) is 12.8. The maximum Gasteiger partial charge on any atom is 0.255 e. The zero-order chi connectivity index (χ0) is 34.2. The molecule has 1 saturated carbocycles. The summed E-state index contributed by atoms with van der Waals surface area (Å²) < 4.78 is 10.7. The van der Waals surface area contributed by atoms with Crippen LogP contribution < -0.4 is 5.73 Å². The fourth-order valence-corrected chi connectivity index (χ4v) is 7.37. The van der Waals surface area contributed by atoms with Gasteiger partial charge in [0.25, 0.3) is 5.91 Å². The number of primary amides is 1. The molecule has 0 radical (unpaired) electrons. The fraction of sp³-hybridized carbons (Fsp3) is 0.472. The first kappa shape index (κ1) is 36.8. The number of methoxy groups -OCH3 is 1. The zero-order valence-corrected chi connectivity index (χ0v) is 27.2. The first-order chi connectivity index (χ1) is 22.3. The highest BCUT2D eigenvalue weighted by molar-refractivity contribution is 6.24. The molecular weight excluding hydrogens is 618 g/mol. The molecule has 3 aliphatic carbocycles. The number of nitrogens with two attached hydrogens (primary N) is 1. The van der Waals surface area contributed by atoms with Gasteiger partial charge in [0.15, 0.2) is 11.4 Å². The second kappa shape index (κ2) is 14.6. The molecule has 3 aliphatic rings. The van der Waals surface area contributed by atoms with E-state index >= 15 is 0 Å². The van der Waals surface area contributed by atoms with Crippen LogP contribution in [0.4, 0.5) is 0 Å². The number of carbonyl (C=O) groups is 3. The van der Waals surface area contributed by atoms with Gasteiger partial charge in [0.1, 0.15) is 22.8 Å². The highest BCUT2D eigenvalue weighted by atomic mass is 16.5. The molecule has 12 heteroatoms. The number of hydrogen-bond donors (Lipinski definition) is 5. The van der Waals surface area contributed by atoms with Gasteiger partial charge in [0, 0.05) is 44.9 Å². The van der Waals surface area contributed by atoms with E-state index in [9.17, 15) is 34.8 Å². The fourth-order valence-electron chi connectivity index (χ4n) is 7.37. The molecule has 0 spiro atoms. The summed E-state index contributed by atoms with van der Waals surface area (Å²) in [5, 5.41) is 45.4. The number of likely N-dealkylation sites (N-methyl/N-ethyl adjacent to an activating group) is 2. The van der Waals surface area contributed by atoms with E-state index in [1.54, 1.807) is 27.3 Å². The SMILES string of the molecule is C.COCCCOCCN(C)Cc1cccc(-c2ccc(O)c3c2C[C@H]2C[C@H]4[C@H](N(C)C)C(=O)C(C(N)=O)=C(O)[C@@]4(O)C(=O)C2=C3O)c1. The van der Waals surface area contributed by atoms with Crippen molar-refractivity contribution in [3.05, 3.63) is 70.0 Å². The maximum atomic E-state index is 14.1. The van der Waals surface area contributed by atoms with E-state index in [4.69, 9.17) is 15.2 Å². The highest BCUT2D eigenvalue weighted by Crippen LogP contribution is 2.53. The summed E-state index contributed by atoms with van der Waals surface area (Å²) in [7, 11) is 6.82. The molecule has 0 heterocycles. The van der Waals surface area contributed by atoms with Crippen LogP contribution in [0, 0.1) is 11.8 Å². The van der Waals surface area contributed by atoms with Gasteiger partial charge < -0.3 is 35.6 Å². The van der Waals surface area contributed by atoms with Crippen molar-refractivity contribution in [1.29, 1.82) is 0 Å². The summed E-state index contributed by atoms with van der Waals surface area (Å²) in [5.41, 5.74) is 5.05. The van der Waals surface area contributed by atoms with Crippen LogP contribution in [0.25, 0.3) is 16.9 Å². The van der Waals surface area contributed by atoms with Crippen molar-refractivity contribution in [3.8, 4) is 16.9 Å². The minimum absolute atomic E-state index is 0. The van der Waals surface area contributed by atoms with Gasteiger partial charge in [0.2, 0.25) is 5.78 Å². The van der Waals surface area contributed by atoms with Gasteiger partial charge in [0.05, 0.1) is 18.2 Å². The Hall–Kier alpha value is -4.07. The van der Waals surface area contributed by atoms with Crippen molar-refractivity contribution in [2.75, 3.05) is 54.6 Å². The quantitative estimate of drug-likeness (QED) is 0.166. The van der Waals surface area contributed by atoms with Crippen molar-refractivity contribution >= 4 is 23.2 Å². The highest BCUT2D eigenvalue weighted by Gasteiger charge is 2.64. The number of carbonyl (C=O) groups excluding carboxylic acids is 3. The summed E-state index contributed by atoms with van der Waals surface area (Å²) in [6, 6.07) is 10.0. The molecule has 48 heavy (non-hydrogen) atoms. The van der Waals surface area contributed by atoms with Crippen molar-refractivity contribution < 1.29 is 44.3 Å². The number of hydrogen-bond acceptors (Lipinski definition) is 11. The minimum atomic E-state index is -2.67. The van der Waals surface area contributed by atoms with Crippen LogP contribution in [0.5, 0.6) is 5.75 Å². The number of aromatic hydroxyl groups is 1. The number of amides is 1. The lowest BCUT2D eigenvalue weighted by molar-refractivity contribution is -0.153. The predicted octanol–water partition coefficient (Wildman–Crippen LogP) is 2.75. The summed E-state index contributed by atoms with van der Waals surface area (Å²) >= 11 is 0. The number of aliphatic hydroxyl groups excluding tert-OH is 2. The molecule has 0 unspecified atom stereocenters. The van der Waals surface area contributed by atoms with Crippen LogP contribution in [-0.4, -0.2) is 114 Å². The number of ketones is 2. The molecule has 0 bridgehead atoms. The van der Waals surface area contributed by atoms with Gasteiger partial charge in [-0.25, -0.2) is 0 Å². The van der Waals surface area contributed by atoms with Crippen molar-refractivity contribution in [1.82, 2.24) is 9.80 Å². The normalized spacial score (nSPS) is 23.6. The van der Waals surface area contributed by atoms with Crippen LogP contribution in [-0.2, 0) is 36.8 Å². The van der Waals surface area contributed by atoms with E-state index in [0.29, 0.717) is 31.9 Å². The van der Waals surface area contributed by atoms with E-state index in [1.807, 2.05) is 31.3 Å². The number of rotatable bonds is 12. The van der Waals surface area contributed by atoms with Gasteiger partial charge in [-0.15, -0.1) is 0 Å². The van der Waals surface area contributed by atoms with Crippen molar-refractivity contribution in [3.63, 3.8) is 0 Å². The molecule has 0 aliphatic heterocycles. The number of ether oxygens (including phenoxy) is 2. The zero-order valence-electron chi connectivity index (χ0n) is 27.2. The maximum absolute atomic E-state index is 14.1. The molecule has 12 nitrogen and oxygen atoms in total. The summed E-state index contributed by atoms with van der Waals surface area (Å²) in [6.07, 6.45) is 1.08. The molecule has 6 N–H and O–H groups in total. The first-order valence-corrected chi connectivity index (χ1v) is 15.7. The van der Waals surface area contributed by atoms with E-state index in [0.717, 1.165) is 29.7 Å². The molecule has 1 fully saturated rings. The lowest BCUT2D eigenvalue weighted by Crippen LogP contribution is -2.65. The number of aliphatic hydroxyl groups is 3. The largest absolute Gasteiger partial charge is 0.508 e. The standard InChI is InChI=1S/C35H43N3O9.CH4/c1-37(2)29-24-17-21-16-23-22(20-8-5-7-19(15-20)18-38(3)11-14-47-13-6-12-46-4)9-10-25(39)27(23)30(40)26(21)32(42)35(24,45)33(43)28(31(29)41)34(36)44;/h5,7-10,15,21,24,29,39-40,43,45H,6,11-14,16-18H2,1-4H3,(H2,36,44);1H4/t21-,24-,29-,35-;/m0./s1. The Morgan fingerprint density at radius 3 is 2.46 bits per heavy atom. The third-order valence-electron chi connectivity index (χ3n) is 9.55. The second-order valence-corrected chi connectivity index (χ2v) is 12.8. The summed E-state index contributed by atoms with van der Waals surface area (Å²) in [5.74, 6) is -6.74. The number of nitrogens with zero attached hydrogens (tertiary/aromatic N) is 2. The van der Waals surface area contributed by atoms with E-state index in [1.165, 1.54) is 11.0 Å². The number of phenolic OH excluding ortho intramolecular Hbond substituents is 1. The average Bonchev–Trinajstić information content (AvgIpc) is 3.00. The monoisotopic (exact) mass is 665 g/mol. The van der Waals surface area contributed by atoms with Crippen LogP contribution in [0.3, 0.4) is 0 Å². The number of fused-ring (bicyclic) bond motifs is 3. The molecule has 260 valence electrons. The Morgan fingerprint density at radius 1 is 1.06 bits per heavy atom. The average molecular weight is 666 g/mol. The third kappa shape index (κ3) is 6.38. The molecule has 4 atom stereocenters. The van der Waals surface area contributed by atoms with Crippen LogP contribution in [0.15, 0.2) is 53.3 Å². The molecule has 5 rings (SSSR count). The minimum Gasteiger partial charge on any atom is -0.508 e. The van der Waals surface area contributed by atoms with E-state index < -0.39 is 58.0 Å². The van der Waals surface area contributed by atoms with Gasteiger partial charge >= 0.3 is 0 Å². The van der Waals surface area contributed by atoms with Gasteiger partial charge in [-0.2, -0.15) is 0 Å². The lowest BCUT2D eigenvalue weighted by Gasteiger charge is -2.50. The Morgan fingerprint density at radius 2 is 1.79 bits per heavy atom.